The van der Waals surface area contributed by atoms with Gasteiger partial charge < -0.3 is 5.32 Å². The van der Waals surface area contributed by atoms with Crippen LogP contribution in [0.3, 0.4) is 0 Å². The van der Waals surface area contributed by atoms with E-state index in [9.17, 15) is 4.39 Å². The first-order valence-electron chi connectivity index (χ1n) is 4.80. The van der Waals surface area contributed by atoms with Gasteiger partial charge in [-0.1, -0.05) is 30.4 Å². The SMILES string of the molecule is CCNCC#Cc1cc(C)c(F)cc1Cl. The van der Waals surface area contributed by atoms with Crippen LogP contribution in [-0.4, -0.2) is 13.1 Å². The molecular formula is C12H13ClFN. The Morgan fingerprint density at radius 2 is 2.20 bits per heavy atom. The molecule has 1 nitrogen and oxygen atoms in total. The van der Waals surface area contributed by atoms with Crippen molar-refractivity contribution in [3.63, 3.8) is 0 Å². The third-order valence-corrected chi connectivity index (χ3v) is 2.25. The van der Waals surface area contributed by atoms with Gasteiger partial charge in [0.2, 0.25) is 0 Å². The maximum absolute atomic E-state index is 13.1. The number of hydrogen-bond acceptors (Lipinski definition) is 1. The van der Waals surface area contributed by atoms with E-state index < -0.39 is 0 Å². The molecule has 1 aromatic rings. The fraction of sp³-hybridized carbons (Fsp3) is 0.333. The van der Waals surface area contributed by atoms with Crippen LogP contribution in [0.1, 0.15) is 18.1 Å². The van der Waals surface area contributed by atoms with E-state index in [-0.39, 0.29) is 5.82 Å². The Hall–Kier alpha value is -1.04. The number of benzene rings is 1. The molecule has 1 rings (SSSR count). The maximum atomic E-state index is 13.1. The molecule has 0 saturated heterocycles. The van der Waals surface area contributed by atoms with E-state index in [0.29, 0.717) is 22.7 Å². The molecule has 0 aliphatic carbocycles. The minimum absolute atomic E-state index is 0.294. The summed E-state index contributed by atoms with van der Waals surface area (Å²) in [6.07, 6.45) is 0. The number of hydrogen-bond donors (Lipinski definition) is 1. The van der Waals surface area contributed by atoms with Gasteiger partial charge in [0.05, 0.1) is 11.6 Å². The largest absolute Gasteiger partial charge is 0.306 e. The van der Waals surface area contributed by atoms with Crippen LogP contribution in [0.15, 0.2) is 12.1 Å². The van der Waals surface area contributed by atoms with E-state index in [1.807, 2.05) is 6.92 Å². The van der Waals surface area contributed by atoms with E-state index in [1.165, 1.54) is 6.07 Å². The Balaban J connectivity index is 2.84. The average molecular weight is 226 g/mol. The number of halogens is 2. The molecule has 80 valence electrons. The van der Waals surface area contributed by atoms with Gasteiger partial charge in [-0.05, 0) is 31.2 Å². The highest BCUT2D eigenvalue weighted by molar-refractivity contribution is 6.31. The molecule has 0 spiro atoms. The van der Waals surface area contributed by atoms with Crippen molar-refractivity contribution in [1.82, 2.24) is 5.32 Å². The van der Waals surface area contributed by atoms with Crippen molar-refractivity contribution in [2.24, 2.45) is 0 Å². The molecule has 15 heavy (non-hydrogen) atoms. The summed E-state index contributed by atoms with van der Waals surface area (Å²) in [5, 5.41) is 3.44. The van der Waals surface area contributed by atoms with Crippen LogP contribution in [0.5, 0.6) is 0 Å². The lowest BCUT2D eigenvalue weighted by atomic mass is 10.1. The summed E-state index contributed by atoms with van der Waals surface area (Å²) in [6.45, 7) is 5.20. The van der Waals surface area contributed by atoms with Gasteiger partial charge in [0.15, 0.2) is 0 Å². The van der Waals surface area contributed by atoms with Crippen molar-refractivity contribution in [1.29, 1.82) is 0 Å². The van der Waals surface area contributed by atoms with Crippen LogP contribution in [-0.2, 0) is 0 Å². The lowest BCUT2D eigenvalue weighted by molar-refractivity contribution is 0.618. The van der Waals surface area contributed by atoms with Gasteiger partial charge in [-0.2, -0.15) is 0 Å². The van der Waals surface area contributed by atoms with Gasteiger partial charge in [0.1, 0.15) is 5.82 Å². The first-order chi connectivity index (χ1) is 7.15. The normalized spacial score (nSPS) is 9.60. The fourth-order valence-corrected chi connectivity index (χ4v) is 1.28. The van der Waals surface area contributed by atoms with Crippen LogP contribution < -0.4 is 5.32 Å². The molecule has 0 aliphatic rings. The average Bonchev–Trinajstić information content (AvgIpc) is 2.20. The Morgan fingerprint density at radius 1 is 1.47 bits per heavy atom. The van der Waals surface area contributed by atoms with Crippen LogP contribution in [0.4, 0.5) is 4.39 Å². The highest BCUT2D eigenvalue weighted by Crippen LogP contribution is 2.19. The Morgan fingerprint density at radius 3 is 2.87 bits per heavy atom. The molecule has 0 bridgehead atoms. The Labute approximate surface area is 94.6 Å². The quantitative estimate of drug-likeness (QED) is 0.603. The third kappa shape index (κ3) is 3.54. The van der Waals surface area contributed by atoms with Crippen molar-refractivity contribution < 1.29 is 4.39 Å². The third-order valence-electron chi connectivity index (χ3n) is 1.93. The fourth-order valence-electron chi connectivity index (χ4n) is 1.08. The van der Waals surface area contributed by atoms with Crippen LogP contribution >= 0.6 is 11.6 Å². The first-order valence-corrected chi connectivity index (χ1v) is 5.18. The Bertz CT molecular complexity index is 404. The van der Waals surface area contributed by atoms with Crippen molar-refractivity contribution in [2.75, 3.05) is 13.1 Å². The molecule has 0 saturated carbocycles. The molecular weight excluding hydrogens is 213 g/mol. The molecule has 1 N–H and O–H groups in total. The summed E-state index contributed by atoms with van der Waals surface area (Å²) < 4.78 is 13.1. The van der Waals surface area contributed by atoms with Gasteiger partial charge in [-0.25, -0.2) is 4.39 Å². The van der Waals surface area contributed by atoms with Gasteiger partial charge in [-0.15, -0.1) is 0 Å². The van der Waals surface area contributed by atoms with Gasteiger partial charge in [0.25, 0.3) is 0 Å². The second-order valence-electron chi connectivity index (χ2n) is 3.16. The minimum Gasteiger partial charge on any atom is -0.306 e. The zero-order valence-electron chi connectivity index (χ0n) is 8.82. The predicted molar refractivity (Wildman–Crippen MR) is 61.6 cm³/mol. The molecule has 0 aliphatic heterocycles. The lowest BCUT2D eigenvalue weighted by Crippen LogP contribution is -2.11. The monoisotopic (exact) mass is 225 g/mol. The van der Waals surface area contributed by atoms with Crippen LogP contribution in [0, 0.1) is 24.6 Å². The van der Waals surface area contributed by atoms with E-state index in [2.05, 4.69) is 17.2 Å². The molecule has 0 unspecified atom stereocenters. The zero-order valence-corrected chi connectivity index (χ0v) is 9.58. The number of nitrogens with one attached hydrogen (secondary N) is 1. The van der Waals surface area contributed by atoms with Gasteiger partial charge in [-0.3, -0.25) is 0 Å². The van der Waals surface area contributed by atoms with Crippen molar-refractivity contribution >= 4 is 11.6 Å². The highest BCUT2D eigenvalue weighted by Gasteiger charge is 2.02. The van der Waals surface area contributed by atoms with Crippen LogP contribution in [0.2, 0.25) is 5.02 Å². The molecule has 3 heteroatoms. The highest BCUT2D eigenvalue weighted by atomic mass is 35.5. The molecule has 0 radical (unpaired) electrons. The molecule has 0 aromatic heterocycles. The standard InChI is InChI=1S/C12H13ClFN/c1-3-15-6-4-5-10-7-9(2)12(14)8-11(10)13/h7-8,15H,3,6H2,1-2H3. The van der Waals surface area contributed by atoms with E-state index in [4.69, 9.17) is 11.6 Å². The number of aryl methyl sites for hydroxylation is 1. The predicted octanol–water partition coefficient (Wildman–Crippen LogP) is 2.75. The molecule has 1 aromatic carbocycles. The van der Waals surface area contributed by atoms with Gasteiger partial charge in [0, 0.05) is 5.56 Å². The van der Waals surface area contributed by atoms with E-state index in [0.717, 1.165) is 6.54 Å². The first kappa shape index (κ1) is 12.0. The summed E-state index contributed by atoms with van der Waals surface area (Å²) in [5.41, 5.74) is 1.24. The second kappa shape index (κ2) is 5.75. The van der Waals surface area contributed by atoms with Crippen LogP contribution in [0.25, 0.3) is 0 Å². The lowest BCUT2D eigenvalue weighted by Gasteiger charge is -1.99. The molecule has 0 heterocycles. The number of rotatable bonds is 2. The summed E-state index contributed by atoms with van der Waals surface area (Å²) >= 11 is 5.85. The molecule has 0 amide bonds. The van der Waals surface area contributed by atoms with E-state index >= 15 is 0 Å². The smallest absolute Gasteiger partial charge is 0.127 e. The van der Waals surface area contributed by atoms with Crippen molar-refractivity contribution in [3.05, 3.63) is 34.1 Å². The summed E-state index contributed by atoms with van der Waals surface area (Å²) in [6, 6.07) is 2.96. The van der Waals surface area contributed by atoms with E-state index in [1.54, 1.807) is 13.0 Å². The summed E-state index contributed by atoms with van der Waals surface area (Å²) in [5.74, 6) is 5.53. The van der Waals surface area contributed by atoms with Gasteiger partial charge >= 0.3 is 0 Å². The minimum atomic E-state index is -0.294. The molecule has 0 atom stereocenters. The maximum Gasteiger partial charge on any atom is 0.127 e. The summed E-state index contributed by atoms with van der Waals surface area (Å²) in [7, 11) is 0. The second-order valence-corrected chi connectivity index (χ2v) is 3.57. The Kier molecular flexibility index (Phi) is 4.61. The zero-order chi connectivity index (χ0) is 11.3. The van der Waals surface area contributed by atoms with Crippen molar-refractivity contribution in [3.8, 4) is 11.8 Å². The topological polar surface area (TPSA) is 12.0 Å². The summed E-state index contributed by atoms with van der Waals surface area (Å²) in [4.78, 5) is 0. The molecule has 0 fully saturated rings. The van der Waals surface area contributed by atoms with Crippen molar-refractivity contribution in [2.45, 2.75) is 13.8 Å².